The molecule has 3 heterocycles. The summed E-state index contributed by atoms with van der Waals surface area (Å²) in [6.45, 7) is 8.92. The van der Waals surface area contributed by atoms with Crippen molar-refractivity contribution in [3.63, 3.8) is 0 Å². The third kappa shape index (κ3) is 5.90. The molecule has 10 nitrogen and oxygen atoms in total. The van der Waals surface area contributed by atoms with Crippen molar-refractivity contribution in [3.05, 3.63) is 52.3 Å². The van der Waals surface area contributed by atoms with E-state index in [2.05, 4.69) is 37.2 Å². The van der Waals surface area contributed by atoms with Gasteiger partial charge in [0.1, 0.15) is 6.33 Å². The molecule has 2 aromatic rings. The molecule has 0 saturated carbocycles. The van der Waals surface area contributed by atoms with Crippen LogP contribution in [0, 0.1) is 10.1 Å². The molecule has 0 amide bonds. The molecule has 1 aromatic carbocycles. The maximum Gasteiger partial charge on any atom is 0.353 e. The Balaban J connectivity index is 1.33. The van der Waals surface area contributed by atoms with E-state index < -0.39 is 0 Å². The van der Waals surface area contributed by atoms with Crippen LogP contribution in [0.5, 0.6) is 0 Å². The van der Waals surface area contributed by atoms with Gasteiger partial charge in [0.15, 0.2) is 0 Å². The number of hydrogen-bond donors (Lipinski definition) is 1. The van der Waals surface area contributed by atoms with Gasteiger partial charge in [-0.15, -0.1) is 0 Å². The van der Waals surface area contributed by atoms with E-state index in [1.807, 2.05) is 23.1 Å². The van der Waals surface area contributed by atoms with E-state index >= 15 is 0 Å². The van der Waals surface area contributed by atoms with Gasteiger partial charge in [-0.2, -0.15) is 0 Å². The average molecular weight is 442 g/mol. The molecule has 2 aliphatic heterocycles. The monoisotopic (exact) mass is 441 g/mol. The van der Waals surface area contributed by atoms with Gasteiger partial charge in [0.2, 0.25) is 11.6 Å². The number of nitrogens with zero attached hydrogens (tertiary/aromatic N) is 6. The van der Waals surface area contributed by atoms with Crippen LogP contribution in [0.25, 0.3) is 0 Å². The Morgan fingerprint density at radius 2 is 1.75 bits per heavy atom. The maximum atomic E-state index is 11.9. The summed E-state index contributed by atoms with van der Waals surface area (Å²) in [6, 6.07) is 10.4. The lowest BCUT2D eigenvalue weighted by Crippen LogP contribution is -2.46. The molecule has 0 bridgehead atoms. The molecule has 2 saturated heterocycles. The second kappa shape index (κ2) is 11.2. The van der Waals surface area contributed by atoms with Crippen LogP contribution in [0.2, 0.25) is 0 Å². The van der Waals surface area contributed by atoms with Gasteiger partial charge in [-0.1, -0.05) is 30.3 Å². The van der Waals surface area contributed by atoms with E-state index in [1.54, 1.807) is 0 Å². The molecule has 2 fully saturated rings. The van der Waals surface area contributed by atoms with Crippen molar-refractivity contribution in [2.45, 2.75) is 13.0 Å². The summed E-state index contributed by atoms with van der Waals surface area (Å²) in [7, 11) is 0. The average Bonchev–Trinajstić information content (AvgIpc) is 2.83. The first-order valence-electron chi connectivity index (χ1n) is 11.3. The summed E-state index contributed by atoms with van der Waals surface area (Å²) < 4.78 is 5.37. The number of anilines is 2. The van der Waals surface area contributed by atoms with E-state index in [4.69, 9.17) is 4.74 Å². The van der Waals surface area contributed by atoms with Crippen LogP contribution in [-0.4, -0.2) is 90.3 Å². The summed E-state index contributed by atoms with van der Waals surface area (Å²) in [5, 5.41) is 15.1. The zero-order valence-electron chi connectivity index (χ0n) is 18.4. The van der Waals surface area contributed by atoms with Crippen molar-refractivity contribution in [1.29, 1.82) is 0 Å². The maximum absolute atomic E-state index is 11.9. The summed E-state index contributed by atoms with van der Waals surface area (Å²) in [6.07, 6.45) is 2.30. The fraction of sp³-hybridized carbons (Fsp3) is 0.545. The molecule has 0 spiro atoms. The van der Waals surface area contributed by atoms with E-state index in [-0.39, 0.29) is 10.6 Å². The Morgan fingerprint density at radius 1 is 1.00 bits per heavy atom. The number of nitrogens with one attached hydrogen (secondary N) is 1. The van der Waals surface area contributed by atoms with Crippen molar-refractivity contribution in [2.75, 3.05) is 75.8 Å². The number of hydrogen-bond acceptors (Lipinski definition) is 9. The number of ether oxygens (including phenoxy) is 1. The minimum atomic E-state index is -0.365. The van der Waals surface area contributed by atoms with E-state index in [9.17, 15) is 10.1 Å². The third-order valence-corrected chi connectivity index (χ3v) is 5.95. The minimum absolute atomic E-state index is 0.0321. The number of rotatable bonds is 9. The van der Waals surface area contributed by atoms with E-state index in [0.29, 0.717) is 31.3 Å². The molecule has 172 valence electrons. The smallest absolute Gasteiger partial charge is 0.353 e. The summed E-state index contributed by atoms with van der Waals surface area (Å²) in [5.41, 5.74) is 1.24. The zero-order valence-corrected chi connectivity index (χ0v) is 18.4. The highest BCUT2D eigenvalue weighted by Crippen LogP contribution is 2.32. The molecule has 0 radical (unpaired) electrons. The van der Waals surface area contributed by atoms with Gasteiger partial charge in [-0.25, -0.2) is 9.97 Å². The van der Waals surface area contributed by atoms with Crippen molar-refractivity contribution < 1.29 is 9.66 Å². The predicted octanol–water partition coefficient (Wildman–Crippen LogP) is 1.84. The molecule has 1 aromatic heterocycles. The molecule has 0 atom stereocenters. The second-order valence-electron chi connectivity index (χ2n) is 8.13. The Hall–Kier alpha value is -2.82. The topological polar surface area (TPSA) is 99.9 Å². The molecular formula is C22H31N7O3. The SMILES string of the molecule is O=[N+]([O-])c1c(NCCCN2CCOCC2)ncnc1N1CCN(Cc2ccccc2)CC1. The van der Waals surface area contributed by atoms with Gasteiger partial charge in [0, 0.05) is 52.4 Å². The number of morpholine rings is 1. The summed E-state index contributed by atoms with van der Waals surface area (Å²) >= 11 is 0. The van der Waals surface area contributed by atoms with Crippen molar-refractivity contribution in [2.24, 2.45) is 0 Å². The highest BCUT2D eigenvalue weighted by molar-refractivity contribution is 5.70. The van der Waals surface area contributed by atoms with Crippen molar-refractivity contribution >= 4 is 17.3 Å². The van der Waals surface area contributed by atoms with Crippen LogP contribution < -0.4 is 10.2 Å². The van der Waals surface area contributed by atoms with Gasteiger partial charge in [0.05, 0.1) is 18.1 Å². The van der Waals surface area contributed by atoms with E-state index in [1.165, 1.54) is 11.9 Å². The van der Waals surface area contributed by atoms with Crippen molar-refractivity contribution in [1.82, 2.24) is 19.8 Å². The van der Waals surface area contributed by atoms with Gasteiger partial charge in [0.25, 0.3) is 0 Å². The van der Waals surface area contributed by atoms with E-state index in [0.717, 1.165) is 58.9 Å². The predicted molar refractivity (Wildman–Crippen MR) is 123 cm³/mol. The Kier molecular flexibility index (Phi) is 7.81. The lowest BCUT2D eigenvalue weighted by molar-refractivity contribution is -0.383. The molecule has 1 N–H and O–H groups in total. The van der Waals surface area contributed by atoms with Crippen LogP contribution in [0.3, 0.4) is 0 Å². The molecule has 2 aliphatic rings. The normalized spacial score (nSPS) is 17.9. The standard InChI is InChI=1S/C22H31N7O3/c30-29(31)20-21(23-7-4-8-26-13-15-32-16-14-26)24-18-25-22(20)28-11-9-27(10-12-28)17-19-5-2-1-3-6-19/h1-3,5-6,18H,4,7-17H2,(H,23,24,25). The lowest BCUT2D eigenvalue weighted by Gasteiger charge is -2.35. The van der Waals surface area contributed by atoms with Crippen molar-refractivity contribution in [3.8, 4) is 0 Å². The molecule has 0 unspecified atom stereocenters. The molecule has 0 aliphatic carbocycles. The van der Waals surface area contributed by atoms with Gasteiger partial charge in [-0.05, 0) is 18.5 Å². The third-order valence-electron chi connectivity index (χ3n) is 5.95. The van der Waals surface area contributed by atoms with Crippen LogP contribution in [0.4, 0.5) is 17.3 Å². The van der Waals surface area contributed by atoms with Gasteiger partial charge >= 0.3 is 5.69 Å². The largest absolute Gasteiger partial charge is 0.379 e. The van der Waals surface area contributed by atoms with Crippen LogP contribution >= 0.6 is 0 Å². The van der Waals surface area contributed by atoms with Crippen LogP contribution in [0.1, 0.15) is 12.0 Å². The first kappa shape index (κ1) is 22.4. The van der Waals surface area contributed by atoms with Gasteiger partial charge in [-0.3, -0.25) is 19.9 Å². The summed E-state index contributed by atoms with van der Waals surface area (Å²) in [5.74, 6) is 0.703. The fourth-order valence-corrected chi connectivity index (χ4v) is 4.19. The van der Waals surface area contributed by atoms with Crippen LogP contribution in [-0.2, 0) is 11.3 Å². The lowest BCUT2D eigenvalue weighted by atomic mass is 10.2. The number of aromatic nitrogens is 2. The number of nitro groups is 1. The molecule has 4 rings (SSSR count). The highest BCUT2D eigenvalue weighted by Gasteiger charge is 2.29. The number of benzene rings is 1. The zero-order chi connectivity index (χ0) is 22.2. The molecule has 10 heteroatoms. The first-order valence-corrected chi connectivity index (χ1v) is 11.3. The first-order chi connectivity index (χ1) is 15.7. The Morgan fingerprint density at radius 3 is 2.47 bits per heavy atom. The number of piperazine rings is 1. The highest BCUT2D eigenvalue weighted by atomic mass is 16.6. The molecule has 32 heavy (non-hydrogen) atoms. The Bertz CT molecular complexity index is 869. The summed E-state index contributed by atoms with van der Waals surface area (Å²) in [4.78, 5) is 26.7. The molecular weight excluding hydrogens is 410 g/mol. The minimum Gasteiger partial charge on any atom is -0.379 e. The fourth-order valence-electron chi connectivity index (χ4n) is 4.19. The second-order valence-corrected chi connectivity index (χ2v) is 8.13. The quantitative estimate of drug-likeness (QED) is 0.355. The van der Waals surface area contributed by atoms with Crippen LogP contribution in [0.15, 0.2) is 36.7 Å². The Labute approximate surface area is 188 Å². The van der Waals surface area contributed by atoms with Gasteiger partial charge < -0.3 is 15.0 Å².